The first-order valence-corrected chi connectivity index (χ1v) is 6.85. The quantitative estimate of drug-likeness (QED) is 0.906. The van der Waals surface area contributed by atoms with Gasteiger partial charge in [0.1, 0.15) is 0 Å². The van der Waals surface area contributed by atoms with Gasteiger partial charge in [0.2, 0.25) is 0 Å². The van der Waals surface area contributed by atoms with Gasteiger partial charge < -0.3 is 5.32 Å². The van der Waals surface area contributed by atoms with Gasteiger partial charge in [-0.15, -0.1) is 0 Å². The SMILES string of the molecule is CCN(Cc1cccc(Cl)c1Cl)C1CCNC1. The first-order valence-electron chi connectivity index (χ1n) is 6.10. The zero-order valence-corrected chi connectivity index (χ0v) is 11.6. The average Bonchev–Trinajstić information content (AvgIpc) is 2.85. The van der Waals surface area contributed by atoms with Gasteiger partial charge in [-0.05, 0) is 31.1 Å². The number of hydrogen-bond acceptors (Lipinski definition) is 2. The summed E-state index contributed by atoms with van der Waals surface area (Å²) < 4.78 is 0. The van der Waals surface area contributed by atoms with Crippen molar-refractivity contribution in [3.8, 4) is 0 Å². The molecule has 0 aromatic heterocycles. The molecule has 1 aromatic rings. The Labute approximate surface area is 113 Å². The molecular formula is C13H18Cl2N2. The summed E-state index contributed by atoms with van der Waals surface area (Å²) in [4.78, 5) is 2.46. The molecule has 0 aliphatic carbocycles. The molecule has 1 atom stereocenters. The predicted octanol–water partition coefficient (Wildman–Crippen LogP) is 3.18. The van der Waals surface area contributed by atoms with Crippen LogP contribution < -0.4 is 5.32 Å². The Morgan fingerprint density at radius 1 is 1.41 bits per heavy atom. The number of likely N-dealkylation sites (N-methyl/N-ethyl adjacent to an activating group) is 1. The van der Waals surface area contributed by atoms with Gasteiger partial charge in [-0.25, -0.2) is 0 Å². The fourth-order valence-corrected chi connectivity index (χ4v) is 2.72. The Morgan fingerprint density at radius 2 is 2.24 bits per heavy atom. The lowest BCUT2D eigenvalue weighted by Crippen LogP contribution is -2.36. The van der Waals surface area contributed by atoms with Crippen LogP contribution in [0.15, 0.2) is 18.2 Å². The van der Waals surface area contributed by atoms with Crippen molar-refractivity contribution < 1.29 is 0 Å². The summed E-state index contributed by atoms with van der Waals surface area (Å²) in [6, 6.07) is 6.47. The molecule has 2 nitrogen and oxygen atoms in total. The zero-order valence-electron chi connectivity index (χ0n) is 10.0. The molecule has 94 valence electrons. The number of nitrogens with zero attached hydrogens (tertiary/aromatic N) is 1. The fraction of sp³-hybridized carbons (Fsp3) is 0.538. The third-order valence-corrected chi connectivity index (χ3v) is 4.22. The molecule has 1 saturated heterocycles. The lowest BCUT2D eigenvalue weighted by atomic mass is 10.1. The fourth-order valence-electron chi connectivity index (χ4n) is 2.34. The Bertz CT molecular complexity index is 376. The zero-order chi connectivity index (χ0) is 12.3. The van der Waals surface area contributed by atoms with E-state index in [2.05, 4.69) is 23.2 Å². The molecule has 0 amide bonds. The molecular weight excluding hydrogens is 255 g/mol. The number of rotatable bonds is 4. The minimum Gasteiger partial charge on any atom is -0.315 e. The number of halogens is 2. The minimum absolute atomic E-state index is 0.620. The van der Waals surface area contributed by atoms with Crippen LogP contribution in [-0.2, 0) is 6.54 Å². The average molecular weight is 273 g/mol. The highest BCUT2D eigenvalue weighted by Crippen LogP contribution is 2.27. The normalized spacial score (nSPS) is 20.1. The van der Waals surface area contributed by atoms with E-state index in [1.165, 1.54) is 6.42 Å². The Hall–Kier alpha value is -0.280. The summed E-state index contributed by atoms with van der Waals surface area (Å²) in [7, 11) is 0. The van der Waals surface area contributed by atoms with Gasteiger partial charge >= 0.3 is 0 Å². The van der Waals surface area contributed by atoms with Crippen LogP contribution in [0, 0.1) is 0 Å². The van der Waals surface area contributed by atoms with E-state index >= 15 is 0 Å². The molecule has 0 radical (unpaired) electrons. The number of nitrogens with one attached hydrogen (secondary N) is 1. The van der Waals surface area contributed by atoms with Gasteiger partial charge in [-0.2, -0.15) is 0 Å². The molecule has 4 heteroatoms. The van der Waals surface area contributed by atoms with Crippen LogP contribution in [0.4, 0.5) is 0 Å². The second-order valence-corrected chi connectivity index (χ2v) is 5.21. The predicted molar refractivity (Wildman–Crippen MR) is 73.8 cm³/mol. The van der Waals surface area contributed by atoms with E-state index in [1.54, 1.807) is 0 Å². The first kappa shape index (κ1) is 13.2. The maximum Gasteiger partial charge on any atom is 0.0637 e. The second kappa shape index (κ2) is 6.05. The molecule has 2 rings (SSSR count). The van der Waals surface area contributed by atoms with Crippen molar-refractivity contribution in [2.75, 3.05) is 19.6 Å². The Balaban J connectivity index is 2.09. The van der Waals surface area contributed by atoms with E-state index in [-0.39, 0.29) is 0 Å². The molecule has 1 N–H and O–H groups in total. The van der Waals surface area contributed by atoms with Gasteiger partial charge in [-0.3, -0.25) is 4.90 Å². The maximum atomic E-state index is 6.23. The second-order valence-electron chi connectivity index (χ2n) is 4.42. The maximum absolute atomic E-state index is 6.23. The van der Waals surface area contributed by atoms with E-state index in [4.69, 9.17) is 23.2 Å². The molecule has 1 aliphatic rings. The Morgan fingerprint density at radius 3 is 2.88 bits per heavy atom. The standard InChI is InChI=1S/C13H18Cl2N2/c1-2-17(11-6-7-16-8-11)9-10-4-3-5-12(14)13(10)15/h3-5,11,16H,2,6-9H2,1H3. The lowest BCUT2D eigenvalue weighted by molar-refractivity contribution is 0.210. The van der Waals surface area contributed by atoms with E-state index in [0.717, 1.165) is 31.7 Å². The summed E-state index contributed by atoms with van der Waals surface area (Å²) in [6.07, 6.45) is 1.21. The van der Waals surface area contributed by atoms with E-state index in [1.807, 2.05) is 12.1 Å². The highest BCUT2D eigenvalue weighted by Gasteiger charge is 2.21. The molecule has 1 aliphatic heterocycles. The summed E-state index contributed by atoms with van der Waals surface area (Å²) in [6.45, 7) is 6.30. The van der Waals surface area contributed by atoms with Gasteiger partial charge in [-0.1, -0.05) is 42.3 Å². The highest BCUT2D eigenvalue weighted by molar-refractivity contribution is 6.42. The van der Waals surface area contributed by atoms with E-state index in [9.17, 15) is 0 Å². The number of hydrogen-bond donors (Lipinski definition) is 1. The van der Waals surface area contributed by atoms with Crippen molar-refractivity contribution in [3.05, 3.63) is 33.8 Å². The van der Waals surface area contributed by atoms with Crippen LogP contribution in [0.3, 0.4) is 0 Å². The summed E-state index contributed by atoms with van der Waals surface area (Å²) in [5.41, 5.74) is 1.12. The van der Waals surface area contributed by atoms with Crippen LogP contribution in [0.25, 0.3) is 0 Å². The van der Waals surface area contributed by atoms with Crippen molar-refractivity contribution in [2.24, 2.45) is 0 Å². The summed E-state index contributed by atoms with van der Waals surface area (Å²) in [5.74, 6) is 0. The topological polar surface area (TPSA) is 15.3 Å². The molecule has 1 heterocycles. The van der Waals surface area contributed by atoms with Crippen molar-refractivity contribution >= 4 is 23.2 Å². The van der Waals surface area contributed by atoms with Crippen molar-refractivity contribution in [1.29, 1.82) is 0 Å². The van der Waals surface area contributed by atoms with Gasteiger partial charge in [0.25, 0.3) is 0 Å². The van der Waals surface area contributed by atoms with Crippen LogP contribution in [0.2, 0.25) is 10.0 Å². The summed E-state index contributed by atoms with van der Waals surface area (Å²) in [5, 5.41) is 4.73. The van der Waals surface area contributed by atoms with Crippen LogP contribution in [0.1, 0.15) is 18.9 Å². The largest absolute Gasteiger partial charge is 0.315 e. The molecule has 0 saturated carbocycles. The van der Waals surface area contributed by atoms with Crippen molar-refractivity contribution in [1.82, 2.24) is 10.2 Å². The minimum atomic E-state index is 0.620. The van der Waals surface area contributed by atoms with Crippen LogP contribution >= 0.6 is 23.2 Å². The summed E-state index contributed by atoms with van der Waals surface area (Å²) >= 11 is 12.3. The highest BCUT2D eigenvalue weighted by atomic mass is 35.5. The monoisotopic (exact) mass is 272 g/mol. The van der Waals surface area contributed by atoms with Gasteiger partial charge in [0, 0.05) is 19.1 Å². The number of benzene rings is 1. The molecule has 0 spiro atoms. The van der Waals surface area contributed by atoms with Crippen LogP contribution in [-0.4, -0.2) is 30.6 Å². The van der Waals surface area contributed by atoms with E-state index < -0.39 is 0 Å². The van der Waals surface area contributed by atoms with Crippen LogP contribution in [0.5, 0.6) is 0 Å². The van der Waals surface area contributed by atoms with Crippen molar-refractivity contribution in [3.63, 3.8) is 0 Å². The molecule has 1 fully saturated rings. The Kier molecular flexibility index (Phi) is 4.69. The molecule has 1 aromatic carbocycles. The van der Waals surface area contributed by atoms with Gasteiger partial charge in [0.15, 0.2) is 0 Å². The third-order valence-electron chi connectivity index (χ3n) is 3.36. The third kappa shape index (κ3) is 3.14. The molecule has 0 bridgehead atoms. The molecule has 17 heavy (non-hydrogen) atoms. The van der Waals surface area contributed by atoms with Gasteiger partial charge in [0.05, 0.1) is 10.0 Å². The smallest absolute Gasteiger partial charge is 0.0637 e. The van der Waals surface area contributed by atoms with E-state index in [0.29, 0.717) is 16.1 Å². The first-order chi connectivity index (χ1) is 8.22. The van der Waals surface area contributed by atoms with Crippen molar-refractivity contribution in [2.45, 2.75) is 25.9 Å². The molecule has 1 unspecified atom stereocenters. The lowest BCUT2D eigenvalue weighted by Gasteiger charge is -2.27.